The van der Waals surface area contributed by atoms with Crippen LogP contribution in [0.4, 0.5) is 0 Å². The van der Waals surface area contributed by atoms with Gasteiger partial charge >= 0.3 is 0 Å². The quantitative estimate of drug-likeness (QED) is 0.879. The first kappa shape index (κ1) is 16.4. The van der Waals surface area contributed by atoms with Gasteiger partial charge in [-0.3, -0.25) is 4.68 Å². The zero-order valence-electron chi connectivity index (χ0n) is 14.7. The second-order valence-corrected chi connectivity index (χ2v) is 7.61. The van der Waals surface area contributed by atoms with Crippen LogP contribution in [0.5, 0.6) is 0 Å². The minimum absolute atomic E-state index is 0.0870. The maximum atomic E-state index is 11.1. The van der Waals surface area contributed by atoms with Crippen LogP contribution in [0.2, 0.25) is 0 Å². The first-order valence-corrected chi connectivity index (χ1v) is 9.60. The number of rotatable bonds is 4. The lowest BCUT2D eigenvalue weighted by Crippen LogP contribution is -2.59. The number of hydrogen-bond donors (Lipinski definition) is 2. The highest BCUT2D eigenvalue weighted by molar-refractivity contribution is 5.61. The Morgan fingerprint density at radius 3 is 2.73 bits per heavy atom. The average molecular weight is 355 g/mol. The van der Waals surface area contributed by atoms with Crippen molar-refractivity contribution < 1.29 is 14.6 Å². The molecule has 2 saturated heterocycles. The van der Waals surface area contributed by atoms with Gasteiger partial charge in [0.1, 0.15) is 12.1 Å². The highest BCUT2D eigenvalue weighted by Gasteiger charge is 2.51. The topological polar surface area (TPSA) is 68.5 Å². The molecule has 2 aromatic rings. The zero-order valence-corrected chi connectivity index (χ0v) is 14.7. The highest BCUT2D eigenvalue weighted by atomic mass is 16.7. The van der Waals surface area contributed by atoms with E-state index in [1.807, 2.05) is 35.3 Å². The molecule has 2 N–H and O–H groups in total. The largest absolute Gasteiger partial charge is 0.389 e. The second kappa shape index (κ2) is 6.78. The molecule has 3 fully saturated rings. The van der Waals surface area contributed by atoms with Crippen LogP contribution >= 0.6 is 0 Å². The zero-order chi connectivity index (χ0) is 17.5. The molecule has 1 saturated carbocycles. The standard InChI is InChI=1S/C20H25N3O3/c24-19-17(22-15-8-4-5-9-15)16-12-25-20(26-16)18(19)23-11-14(10-21-23)13-6-2-1-3-7-13/h1-3,6-7,10-11,15-20,22,24H,4-5,8-9,12H2. The molecule has 1 aromatic carbocycles. The number of aliphatic hydroxyl groups excluding tert-OH is 1. The fourth-order valence-electron chi connectivity index (χ4n) is 4.53. The van der Waals surface area contributed by atoms with Crippen molar-refractivity contribution in [2.75, 3.05) is 6.61 Å². The molecule has 0 radical (unpaired) electrons. The monoisotopic (exact) mass is 355 g/mol. The van der Waals surface area contributed by atoms with Gasteiger partial charge in [0.15, 0.2) is 6.29 Å². The maximum absolute atomic E-state index is 11.1. The summed E-state index contributed by atoms with van der Waals surface area (Å²) in [5, 5.41) is 19.3. The van der Waals surface area contributed by atoms with Gasteiger partial charge in [0, 0.05) is 17.8 Å². The number of hydrogen-bond acceptors (Lipinski definition) is 5. The fraction of sp³-hybridized carbons (Fsp3) is 0.550. The van der Waals surface area contributed by atoms with Gasteiger partial charge in [-0.15, -0.1) is 0 Å². The van der Waals surface area contributed by atoms with E-state index in [-0.39, 0.29) is 18.2 Å². The lowest BCUT2D eigenvalue weighted by Gasteiger charge is -2.39. The summed E-state index contributed by atoms with van der Waals surface area (Å²) in [6.45, 7) is 0.523. The third-order valence-corrected chi connectivity index (χ3v) is 5.93. The Labute approximate surface area is 153 Å². The van der Waals surface area contributed by atoms with E-state index in [0.29, 0.717) is 12.6 Å². The summed E-state index contributed by atoms with van der Waals surface area (Å²) in [4.78, 5) is 0. The predicted molar refractivity (Wildman–Crippen MR) is 96.5 cm³/mol. The third-order valence-electron chi connectivity index (χ3n) is 5.93. The Kier molecular flexibility index (Phi) is 4.29. The van der Waals surface area contributed by atoms with Crippen LogP contribution in [-0.4, -0.2) is 52.1 Å². The van der Waals surface area contributed by atoms with Crippen molar-refractivity contribution in [1.82, 2.24) is 15.1 Å². The van der Waals surface area contributed by atoms with Crippen molar-refractivity contribution in [1.29, 1.82) is 0 Å². The Bertz CT molecular complexity index is 744. The molecule has 2 aliphatic heterocycles. The van der Waals surface area contributed by atoms with E-state index in [2.05, 4.69) is 22.5 Å². The van der Waals surface area contributed by atoms with Crippen molar-refractivity contribution in [3.05, 3.63) is 42.7 Å². The Morgan fingerprint density at radius 1 is 1.12 bits per heavy atom. The molecule has 3 heterocycles. The van der Waals surface area contributed by atoms with Crippen LogP contribution in [0.3, 0.4) is 0 Å². The first-order valence-electron chi connectivity index (χ1n) is 9.60. The molecule has 1 aliphatic carbocycles. The Morgan fingerprint density at radius 2 is 1.92 bits per heavy atom. The van der Waals surface area contributed by atoms with Crippen LogP contribution in [0.15, 0.2) is 42.7 Å². The molecule has 3 aliphatic rings. The summed E-state index contributed by atoms with van der Waals surface area (Å²) < 4.78 is 13.7. The van der Waals surface area contributed by atoms with E-state index >= 15 is 0 Å². The molecule has 5 rings (SSSR count). The molecule has 2 bridgehead atoms. The highest BCUT2D eigenvalue weighted by Crippen LogP contribution is 2.37. The van der Waals surface area contributed by atoms with Crippen LogP contribution < -0.4 is 5.32 Å². The van der Waals surface area contributed by atoms with Gasteiger partial charge in [-0.2, -0.15) is 5.10 Å². The molecule has 6 nitrogen and oxygen atoms in total. The SMILES string of the molecule is OC1C(NC2CCCC2)C2COC(O2)C1n1cc(-c2ccccc2)cn1. The normalized spacial score (nSPS) is 34.4. The Balaban J connectivity index is 1.40. The predicted octanol–water partition coefficient (Wildman–Crippen LogP) is 2.11. The number of benzene rings is 1. The van der Waals surface area contributed by atoms with Gasteiger partial charge in [-0.25, -0.2) is 0 Å². The summed E-state index contributed by atoms with van der Waals surface area (Å²) in [5.74, 6) is 0. The van der Waals surface area contributed by atoms with Crippen molar-refractivity contribution in [2.24, 2.45) is 0 Å². The minimum atomic E-state index is -0.592. The molecular formula is C20H25N3O3. The van der Waals surface area contributed by atoms with E-state index in [4.69, 9.17) is 9.47 Å². The molecular weight excluding hydrogens is 330 g/mol. The second-order valence-electron chi connectivity index (χ2n) is 7.61. The summed E-state index contributed by atoms with van der Waals surface area (Å²) >= 11 is 0. The van der Waals surface area contributed by atoms with Gasteiger partial charge in [-0.05, 0) is 18.4 Å². The average Bonchev–Trinajstić information content (AvgIpc) is 3.42. The van der Waals surface area contributed by atoms with Crippen molar-refractivity contribution in [3.8, 4) is 11.1 Å². The number of nitrogens with zero attached hydrogens (tertiary/aromatic N) is 2. The first-order chi connectivity index (χ1) is 12.8. The lowest BCUT2D eigenvalue weighted by atomic mass is 9.95. The summed E-state index contributed by atoms with van der Waals surface area (Å²) in [6, 6.07) is 10.1. The molecule has 138 valence electrons. The number of nitrogens with one attached hydrogen (secondary N) is 1. The maximum Gasteiger partial charge on any atom is 0.183 e. The molecule has 0 amide bonds. The molecule has 6 heteroatoms. The van der Waals surface area contributed by atoms with Crippen molar-refractivity contribution in [2.45, 2.75) is 62.3 Å². The summed E-state index contributed by atoms with van der Waals surface area (Å²) in [6.07, 6.45) is 7.54. The van der Waals surface area contributed by atoms with Crippen molar-refractivity contribution in [3.63, 3.8) is 0 Å². The molecule has 0 spiro atoms. The number of fused-ring (bicyclic) bond motifs is 2. The van der Waals surface area contributed by atoms with Crippen LogP contribution in [-0.2, 0) is 9.47 Å². The third kappa shape index (κ3) is 2.87. The summed E-state index contributed by atoms with van der Waals surface area (Å²) in [7, 11) is 0. The van der Waals surface area contributed by atoms with Gasteiger partial charge < -0.3 is 19.9 Å². The minimum Gasteiger partial charge on any atom is -0.389 e. The van der Waals surface area contributed by atoms with Crippen LogP contribution in [0, 0.1) is 0 Å². The van der Waals surface area contributed by atoms with Crippen molar-refractivity contribution >= 4 is 0 Å². The molecule has 1 aromatic heterocycles. The van der Waals surface area contributed by atoms with Gasteiger partial charge in [0.05, 0.1) is 24.9 Å². The van der Waals surface area contributed by atoms with Gasteiger partial charge in [0.2, 0.25) is 0 Å². The number of aromatic nitrogens is 2. The fourth-order valence-corrected chi connectivity index (χ4v) is 4.53. The Hall–Kier alpha value is -1.73. The van der Waals surface area contributed by atoms with Crippen LogP contribution in [0.1, 0.15) is 31.7 Å². The van der Waals surface area contributed by atoms with Crippen LogP contribution in [0.25, 0.3) is 11.1 Å². The van der Waals surface area contributed by atoms with Gasteiger partial charge in [0.25, 0.3) is 0 Å². The van der Waals surface area contributed by atoms with E-state index in [1.165, 1.54) is 25.7 Å². The smallest absolute Gasteiger partial charge is 0.183 e. The molecule has 5 unspecified atom stereocenters. The summed E-state index contributed by atoms with van der Waals surface area (Å²) in [5.41, 5.74) is 2.13. The lowest BCUT2D eigenvalue weighted by molar-refractivity contribution is -0.169. The van der Waals surface area contributed by atoms with E-state index in [1.54, 1.807) is 0 Å². The molecule has 5 atom stereocenters. The number of aliphatic hydroxyl groups is 1. The van der Waals surface area contributed by atoms with E-state index < -0.39 is 12.4 Å². The molecule has 26 heavy (non-hydrogen) atoms. The van der Waals surface area contributed by atoms with E-state index in [0.717, 1.165) is 11.1 Å². The van der Waals surface area contributed by atoms with Gasteiger partial charge in [-0.1, -0.05) is 43.2 Å². The van der Waals surface area contributed by atoms with E-state index in [9.17, 15) is 5.11 Å². The number of ether oxygens (including phenoxy) is 2.